The average Bonchev–Trinajstić information content (AvgIpc) is 3.32. The molecule has 1 atom stereocenters. The summed E-state index contributed by atoms with van der Waals surface area (Å²) in [5.41, 5.74) is 1.91. The van der Waals surface area contributed by atoms with Crippen LogP contribution < -0.4 is 0 Å². The molecule has 6 nitrogen and oxygen atoms in total. The Bertz CT molecular complexity index is 813. The van der Waals surface area contributed by atoms with E-state index in [1.165, 1.54) is 0 Å². The Morgan fingerprint density at radius 1 is 1.39 bits per heavy atom. The summed E-state index contributed by atoms with van der Waals surface area (Å²) in [4.78, 5) is 14.5. The maximum Gasteiger partial charge on any atom is 0.257 e. The number of H-pyrrole nitrogens is 1. The Morgan fingerprint density at radius 3 is 3.04 bits per heavy atom. The summed E-state index contributed by atoms with van der Waals surface area (Å²) in [7, 11) is 1.80. The minimum atomic E-state index is -0.0790. The predicted molar refractivity (Wildman–Crippen MR) is 85.1 cm³/mol. The molecular formula is C17H17N3O3. The highest BCUT2D eigenvalue weighted by Gasteiger charge is 2.28. The van der Waals surface area contributed by atoms with Gasteiger partial charge in [-0.25, -0.2) is 0 Å². The van der Waals surface area contributed by atoms with Crippen molar-refractivity contribution in [3.63, 3.8) is 0 Å². The molecule has 0 spiro atoms. The van der Waals surface area contributed by atoms with Crippen molar-refractivity contribution < 1.29 is 13.9 Å². The summed E-state index contributed by atoms with van der Waals surface area (Å²) in [5.74, 6) is 0.535. The van der Waals surface area contributed by atoms with Crippen molar-refractivity contribution in [2.45, 2.75) is 12.5 Å². The van der Waals surface area contributed by atoms with Gasteiger partial charge in [0.1, 0.15) is 11.3 Å². The van der Waals surface area contributed by atoms with E-state index in [9.17, 15) is 4.79 Å². The van der Waals surface area contributed by atoms with Crippen molar-refractivity contribution in [3.8, 4) is 11.5 Å². The van der Waals surface area contributed by atoms with Crippen LogP contribution >= 0.6 is 0 Å². The largest absolute Gasteiger partial charge is 0.454 e. The molecule has 0 unspecified atom stereocenters. The fraction of sp³-hybridized carbons (Fsp3) is 0.294. The number of hydrogen-bond acceptors (Lipinski definition) is 4. The van der Waals surface area contributed by atoms with Crippen LogP contribution in [0.3, 0.4) is 0 Å². The van der Waals surface area contributed by atoms with Gasteiger partial charge in [-0.3, -0.25) is 9.89 Å². The first-order chi connectivity index (χ1) is 11.2. The number of furan rings is 1. The summed E-state index contributed by atoms with van der Waals surface area (Å²) in [6, 6.07) is 9.77. The molecule has 0 saturated carbocycles. The van der Waals surface area contributed by atoms with Crippen LogP contribution in [0.15, 0.2) is 40.9 Å². The maximum atomic E-state index is 12.8. The van der Waals surface area contributed by atoms with Gasteiger partial charge in [0, 0.05) is 19.0 Å². The molecule has 3 heterocycles. The lowest BCUT2D eigenvalue weighted by Crippen LogP contribution is -2.37. The number of aromatic nitrogens is 2. The number of carbonyl (C=O) groups is 1. The molecule has 1 aliphatic heterocycles. The Labute approximate surface area is 133 Å². The summed E-state index contributed by atoms with van der Waals surface area (Å²) in [6.07, 6.45) is 2.41. The van der Waals surface area contributed by atoms with Crippen LogP contribution in [-0.4, -0.2) is 47.3 Å². The predicted octanol–water partition coefficient (Wildman–Crippen LogP) is 2.68. The Kier molecular flexibility index (Phi) is 3.38. The smallest absolute Gasteiger partial charge is 0.257 e. The number of nitrogens with zero attached hydrogens (tertiary/aromatic N) is 2. The number of aromatic amines is 1. The van der Waals surface area contributed by atoms with Gasteiger partial charge in [-0.2, -0.15) is 5.10 Å². The molecule has 118 valence electrons. The molecular weight excluding hydrogens is 294 g/mol. The lowest BCUT2D eigenvalue weighted by Gasteiger charge is -2.22. The number of amides is 1. The highest BCUT2D eigenvalue weighted by molar-refractivity contribution is 6.00. The van der Waals surface area contributed by atoms with Crippen molar-refractivity contribution in [3.05, 3.63) is 42.1 Å². The topological polar surface area (TPSA) is 71.4 Å². The highest BCUT2D eigenvalue weighted by Crippen LogP contribution is 2.29. The number of benzene rings is 1. The van der Waals surface area contributed by atoms with E-state index in [1.54, 1.807) is 18.1 Å². The fourth-order valence-corrected chi connectivity index (χ4v) is 2.92. The average molecular weight is 311 g/mol. The van der Waals surface area contributed by atoms with Crippen LogP contribution in [0.25, 0.3) is 22.4 Å². The van der Waals surface area contributed by atoms with E-state index in [1.807, 2.05) is 30.3 Å². The SMILES string of the molecule is CN(C(=O)c1cn[nH]c1-c1cc2ccccc2o1)[C@@H]1CCOC1. The van der Waals surface area contributed by atoms with Gasteiger partial charge in [0.25, 0.3) is 5.91 Å². The second-order valence-electron chi connectivity index (χ2n) is 5.74. The molecule has 3 aromatic rings. The Hall–Kier alpha value is -2.60. The van der Waals surface area contributed by atoms with Gasteiger partial charge < -0.3 is 14.1 Å². The van der Waals surface area contributed by atoms with Crippen molar-refractivity contribution in [1.29, 1.82) is 0 Å². The van der Waals surface area contributed by atoms with Crippen LogP contribution in [0.4, 0.5) is 0 Å². The fourth-order valence-electron chi connectivity index (χ4n) is 2.92. The minimum absolute atomic E-state index is 0.0790. The molecule has 1 amide bonds. The van der Waals surface area contributed by atoms with Crippen LogP contribution in [-0.2, 0) is 4.74 Å². The highest BCUT2D eigenvalue weighted by atomic mass is 16.5. The third-order valence-corrected chi connectivity index (χ3v) is 4.32. The number of likely N-dealkylation sites (N-methyl/N-ethyl adjacent to an activating group) is 1. The summed E-state index contributed by atoms with van der Waals surface area (Å²) < 4.78 is 11.2. The zero-order valence-electron chi connectivity index (χ0n) is 12.8. The van der Waals surface area contributed by atoms with E-state index in [-0.39, 0.29) is 11.9 Å². The summed E-state index contributed by atoms with van der Waals surface area (Å²) in [6.45, 7) is 1.28. The molecule has 1 aromatic carbocycles. The van der Waals surface area contributed by atoms with E-state index >= 15 is 0 Å². The van der Waals surface area contributed by atoms with E-state index in [4.69, 9.17) is 9.15 Å². The van der Waals surface area contributed by atoms with E-state index in [0.717, 1.165) is 17.4 Å². The first-order valence-electron chi connectivity index (χ1n) is 7.61. The standard InChI is InChI=1S/C17H17N3O3/c1-20(12-6-7-22-10-12)17(21)13-9-18-19-16(13)15-8-11-4-2-3-5-14(11)23-15/h2-5,8-9,12H,6-7,10H2,1H3,(H,18,19)/t12-/m1/s1. The molecule has 1 aliphatic rings. The van der Waals surface area contributed by atoms with Crippen LogP contribution in [0.5, 0.6) is 0 Å². The maximum absolute atomic E-state index is 12.8. The molecule has 6 heteroatoms. The number of hydrogen-bond donors (Lipinski definition) is 1. The van der Waals surface area contributed by atoms with Crippen molar-refractivity contribution >= 4 is 16.9 Å². The van der Waals surface area contributed by atoms with Gasteiger partial charge in [0.15, 0.2) is 5.76 Å². The lowest BCUT2D eigenvalue weighted by molar-refractivity contribution is 0.0712. The quantitative estimate of drug-likeness (QED) is 0.807. The number of ether oxygens (including phenoxy) is 1. The number of fused-ring (bicyclic) bond motifs is 1. The molecule has 1 N–H and O–H groups in total. The normalized spacial score (nSPS) is 17.7. The molecule has 4 rings (SSSR count). The number of carbonyl (C=O) groups excluding carboxylic acids is 1. The monoisotopic (exact) mass is 311 g/mol. The summed E-state index contributed by atoms with van der Waals surface area (Å²) >= 11 is 0. The third-order valence-electron chi connectivity index (χ3n) is 4.32. The van der Waals surface area contributed by atoms with Crippen LogP contribution in [0.1, 0.15) is 16.8 Å². The second-order valence-corrected chi connectivity index (χ2v) is 5.74. The summed E-state index contributed by atoms with van der Waals surface area (Å²) in [5, 5.41) is 7.92. The van der Waals surface area contributed by atoms with Gasteiger partial charge >= 0.3 is 0 Å². The lowest BCUT2D eigenvalue weighted by atomic mass is 10.1. The molecule has 23 heavy (non-hydrogen) atoms. The number of nitrogens with one attached hydrogen (secondary N) is 1. The Morgan fingerprint density at radius 2 is 2.26 bits per heavy atom. The zero-order chi connectivity index (χ0) is 15.8. The van der Waals surface area contributed by atoms with Crippen molar-refractivity contribution in [1.82, 2.24) is 15.1 Å². The minimum Gasteiger partial charge on any atom is -0.454 e. The van der Waals surface area contributed by atoms with E-state index < -0.39 is 0 Å². The number of rotatable bonds is 3. The van der Waals surface area contributed by atoms with Gasteiger partial charge in [-0.15, -0.1) is 0 Å². The molecule has 0 bridgehead atoms. The van der Waals surface area contributed by atoms with Crippen molar-refractivity contribution in [2.24, 2.45) is 0 Å². The van der Waals surface area contributed by atoms with E-state index in [0.29, 0.717) is 30.2 Å². The molecule has 1 fully saturated rings. The van der Waals surface area contributed by atoms with E-state index in [2.05, 4.69) is 10.2 Å². The van der Waals surface area contributed by atoms with Crippen LogP contribution in [0.2, 0.25) is 0 Å². The van der Waals surface area contributed by atoms with Crippen molar-refractivity contribution in [2.75, 3.05) is 20.3 Å². The zero-order valence-corrected chi connectivity index (χ0v) is 12.8. The first kappa shape index (κ1) is 14.0. The Balaban J connectivity index is 1.68. The van der Waals surface area contributed by atoms with Gasteiger partial charge in [0.05, 0.1) is 24.4 Å². The molecule has 0 radical (unpaired) electrons. The molecule has 1 saturated heterocycles. The van der Waals surface area contributed by atoms with Gasteiger partial charge in [-0.1, -0.05) is 18.2 Å². The molecule has 0 aliphatic carbocycles. The van der Waals surface area contributed by atoms with Gasteiger partial charge in [-0.05, 0) is 18.6 Å². The van der Waals surface area contributed by atoms with Gasteiger partial charge in [0.2, 0.25) is 0 Å². The molecule has 2 aromatic heterocycles. The second kappa shape index (κ2) is 5.55. The van der Waals surface area contributed by atoms with Crippen LogP contribution in [0, 0.1) is 0 Å². The first-order valence-corrected chi connectivity index (χ1v) is 7.61. The number of para-hydroxylation sites is 1. The third kappa shape index (κ3) is 2.41.